The molecule has 11 nitrogen and oxygen atoms in total. The van der Waals surface area contributed by atoms with Crippen LogP contribution in [0, 0.1) is 23.1 Å². The van der Waals surface area contributed by atoms with Gasteiger partial charge >= 0.3 is 0 Å². The monoisotopic (exact) mass is 651 g/mol. The average Bonchev–Trinajstić information content (AvgIpc) is 3.32. The first-order valence-corrected chi connectivity index (χ1v) is 17.3. The largest absolute Gasteiger partial charge is 0.434 e. The van der Waals surface area contributed by atoms with Crippen molar-refractivity contribution in [2.24, 2.45) is 17.3 Å². The van der Waals surface area contributed by atoms with Crippen molar-refractivity contribution >= 4 is 17.6 Å². The third-order valence-electron chi connectivity index (χ3n) is 10.9. The number of carbonyl (C=O) groups excluding carboxylic acids is 2. The normalized spacial score (nSPS) is 25.8. The van der Waals surface area contributed by atoms with Crippen LogP contribution < -0.4 is 15.0 Å². The van der Waals surface area contributed by atoms with E-state index in [9.17, 15) is 14.0 Å². The van der Waals surface area contributed by atoms with Crippen LogP contribution in [0.25, 0.3) is 0 Å². The van der Waals surface area contributed by atoms with Gasteiger partial charge in [-0.3, -0.25) is 9.59 Å². The van der Waals surface area contributed by atoms with E-state index in [1.165, 1.54) is 24.5 Å². The molecule has 256 valence electrons. The molecule has 2 aromatic rings. The number of ether oxygens (including phenoxy) is 2. The molecule has 4 heterocycles. The molecule has 1 N–H and O–H groups in total. The molecule has 1 aliphatic carbocycles. The Morgan fingerprint density at radius 3 is 2.47 bits per heavy atom. The zero-order valence-electron chi connectivity index (χ0n) is 28.5. The molecule has 1 saturated carbocycles. The summed E-state index contributed by atoms with van der Waals surface area (Å²) in [6, 6.07) is 3.85. The smallest absolute Gasteiger partial charge is 0.282 e. The van der Waals surface area contributed by atoms with Crippen LogP contribution in [0.15, 0.2) is 24.5 Å². The van der Waals surface area contributed by atoms with Gasteiger partial charge in [-0.05, 0) is 110 Å². The maximum Gasteiger partial charge on any atom is 0.282 e. The lowest BCUT2D eigenvalue weighted by atomic mass is 9.71. The Bertz CT molecular complexity index is 1420. The third-order valence-corrected chi connectivity index (χ3v) is 10.9. The fraction of sp³-hybridized carbons (Fsp3) is 0.686. The van der Waals surface area contributed by atoms with Gasteiger partial charge in [0, 0.05) is 49.8 Å². The van der Waals surface area contributed by atoms with Crippen LogP contribution in [-0.2, 0) is 9.53 Å². The van der Waals surface area contributed by atoms with Crippen LogP contribution in [0.3, 0.4) is 0 Å². The van der Waals surface area contributed by atoms with Gasteiger partial charge in [-0.25, -0.2) is 9.37 Å². The minimum absolute atomic E-state index is 0.00683. The maximum atomic E-state index is 14.4. The summed E-state index contributed by atoms with van der Waals surface area (Å²) >= 11 is 0. The molecule has 47 heavy (non-hydrogen) atoms. The Balaban J connectivity index is 1.03. The highest BCUT2D eigenvalue weighted by Crippen LogP contribution is 2.45. The first kappa shape index (κ1) is 33.5. The van der Waals surface area contributed by atoms with Crippen molar-refractivity contribution in [3.8, 4) is 11.6 Å². The average molecular weight is 652 g/mol. The molecule has 4 aliphatic rings. The second kappa shape index (κ2) is 13.6. The van der Waals surface area contributed by atoms with Gasteiger partial charge in [0.15, 0.2) is 5.82 Å². The number of nitrogens with zero attached hydrogens (tertiary/aromatic N) is 6. The fourth-order valence-corrected chi connectivity index (χ4v) is 8.47. The second-order valence-electron chi connectivity index (χ2n) is 15.0. The molecule has 0 radical (unpaired) electrons. The van der Waals surface area contributed by atoms with Gasteiger partial charge in [-0.1, -0.05) is 0 Å². The number of nitrogens with one attached hydrogen (secondary N) is 1. The number of methoxy groups -OCH3 is 1. The molecule has 2 spiro atoms. The molecular formula is C35H50FN7O4. The van der Waals surface area contributed by atoms with E-state index in [1.807, 2.05) is 27.7 Å². The van der Waals surface area contributed by atoms with Gasteiger partial charge in [0.1, 0.15) is 17.9 Å². The van der Waals surface area contributed by atoms with E-state index in [1.54, 1.807) is 12.0 Å². The van der Waals surface area contributed by atoms with E-state index in [2.05, 4.69) is 30.3 Å². The van der Waals surface area contributed by atoms with E-state index >= 15 is 0 Å². The molecule has 0 bridgehead atoms. The highest BCUT2D eigenvalue weighted by molar-refractivity contribution is 5.97. The Morgan fingerprint density at radius 2 is 1.81 bits per heavy atom. The molecule has 6 rings (SSSR count). The van der Waals surface area contributed by atoms with Gasteiger partial charge in [-0.2, -0.15) is 0 Å². The van der Waals surface area contributed by atoms with Crippen LogP contribution in [0.4, 0.5) is 10.2 Å². The summed E-state index contributed by atoms with van der Waals surface area (Å²) in [5.41, 5.74) is 0.353. The van der Waals surface area contributed by atoms with Crippen LogP contribution in [0.1, 0.15) is 83.0 Å². The van der Waals surface area contributed by atoms with Crippen LogP contribution in [-0.4, -0.2) is 101 Å². The third kappa shape index (κ3) is 7.09. The van der Waals surface area contributed by atoms with E-state index in [0.29, 0.717) is 18.3 Å². The van der Waals surface area contributed by atoms with E-state index in [-0.39, 0.29) is 58.0 Å². The topological polar surface area (TPSA) is 113 Å². The van der Waals surface area contributed by atoms with E-state index in [4.69, 9.17) is 9.47 Å². The van der Waals surface area contributed by atoms with E-state index < -0.39 is 5.82 Å². The first-order valence-electron chi connectivity index (χ1n) is 17.3. The minimum atomic E-state index is -0.507. The second-order valence-corrected chi connectivity index (χ2v) is 15.0. The quantitative estimate of drug-likeness (QED) is 0.392. The van der Waals surface area contributed by atoms with Gasteiger partial charge < -0.3 is 29.5 Å². The lowest BCUT2D eigenvalue weighted by molar-refractivity contribution is -0.124. The van der Waals surface area contributed by atoms with Crippen molar-refractivity contribution in [2.45, 2.75) is 90.3 Å². The first-order chi connectivity index (χ1) is 22.5. The SMILES string of the molecule is COC[C@@H]1CC2(CCC(CN3CCC4(CC3)CN(c3ncnnc3Oc3ccc(F)cc3C(=O)N(C(C)C)C(C)C)C4)CC2)NC1=O. The van der Waals surface area contributed by atoms with Crippen molar-refractivity contribution in [3.05, 3.63) is 35.9 Å². The Morgan fingerprint density at radius 1 is 1.11 bits per heavy atom. The number of benzene rings is 1. The number of likely N-dealkylation sites (tertiary alicyclic amines) is 1. The standard InChI is InChI=1S/C35H50FN7O4/c1-23(2)43(24(3)4)33(45)28-16-27(36)6-7-29(28)47-32-30(37-22-38-40-32)42-20-34(21-42)12-14-41(15-13-34)18-25-8-10-35(11-9-25)17-26(19-46-5)31(44)39-35/h6-7,16,22-26H,8-15,17-21H2,1-5H3,(H,39,44)/t25?,26-,35?/m0/s1. The lowest BCUT2D eigenvalue weighted by Crippen LogP contribution is -2.61. The molecule has 3 aliphatic heterocycles. The van der Waals surface area contributed by atoms with Crippen molar-refractivity contribution < 1.29 is 23.5 Å². The molecule has 1 aromatic heterocycles. The predicted octanol–water partition coefficient (Wildman–Crippen LogP) is 4.68. The number of hydrogen-bond donors (Lipinski definition) is 1. The van der Waals surface area contributed by atoms with Gasteiger partial charge in [0.25, 0.3) is 11.8 Å². The number of halogens is 1. The summed E-state index contributed by atoms with van der Waals surface area (Å²) < 4.78 is 25.8. The Hall–Kier alpha value is -3.38. The van der Waals surface area contributed by atoms with Crippen molar-refractivity contribution in [2.75, 3.05) is 51.3 Å². The predicted molar refractivity (Wildman–Crippen MR) is 176 cm³/mol. The number of carbonyl (C=O) groups is 2. The number of hydrogen-bond acceptors (Lipinski definition) is 9. The molecular weight excluding hydrogens is 601 g/mol. The lowest BCUT2D eigenvalue weighted by Gasteiger charge is -2.54. The number of amides is 2. The van der Waals surface area contributed by atoms with Gasteiger partial charge in [-0.15, -0.1) is 10.2 Å². The van der Waals surface area contributed by atoms with E-state index in [0.717, 1.165) is 77.7 Å². The summed E-state index contributed by atoms with van der Waals surface area (Å²) in [7, 11) is 1.67. The summed E-state index contributed by atoms with van der Waals surface area (Å²) in [6.07, 6.45) is 9.02. The minimum Gasteiger partial charge on any atom is -0.434 e. The Labute approximate surface area is 277 Å². The number of piperidine rings is 1. The molecule has 12 heteroatoms. The molecule has 1 aromatic carbocycles. The van der Waals surface area contributed by atoms with Gasteiger partial charge in [0.2, 0.25) is 5.91 Å². The number of rotatable bonds is 10. The van der Waals surface area contributed by atoms with Crippen molar-refractivity contribution in [1.82, 2.24) is 30.3 Å². The van der Waals surface area contributed by atoms with Crippen LogP contribution in [0.5, 0.6) is 11.6 Å². The highest BCUT2D eigenvalue weighted by atomic mass is 19.1. The molecule has 3 saturated heterocycles. The maximum absolute atomic E-state index is 14.4. The molecule has 0 unspecified atom stereocenters. The Kier molecular flexibility index (Phi) is 9.71. The number of anilines is 1. The van der Waals surface area contributed by atoms with Crippen LogP contribution >= 0.6 is 0 Å². The summed E-state index contributed by atoms with van der Waals surface area (Å²) in [4.78, 5) is 37.0. The van der Waals surface area contributed by atoms with Crippen molar-refractivity contribution in [1.29, 1.82) is 0 Å². The fourth-order valence-electron chi connectivity index (χ4n) is 8.47. The van der Waals surface area contributed by atoms with Crippen molar-refractivity contribution in [3.63, 3.8) is 0 Å². The molecule has 2 amide bonds. The molecule has 1 atom stereocenters. The number of aromatic nitrogens is 3. The highest BCUT2D eigenvalue weighted by Gasteiger charge is 2.48. The molecule has 4 fully saturated rings. The zero-order valence-corrected chi connectivity index (χ0v) is 28.5. The summed E-state index contributed by atoms with van der Waals surface area (Å²) in [5, 5.41) is 11.5. The summed E-state index contributed by atoms with van der Waals surface area (Å²) in [6.45, 7) is 13.3. The summed E-state index contributed by atoms with van der Waals surface area (Å²) in [5.74, 6) is 1.05. The van der Waals surface area contributed by atoms with Gasteiger partial charge in [0.05, 0.1) is 18.1 Å². The zero-order chi connectivity index (χ0) is 33.3. The van der Waals surface area contributed by atoms with Crippen LogP contribution in [0.2, 0.25) is 0 Å².